The van der Waals surface area contributed by atoms with Crippen molar-refractivity contribution in [3.8, 4) is 0 Å². The van der Waals surface area contributed by atoms with Gasteiger partial charge >= 0.3 is 12.1 Å². The predicted octanol–water partition coefficient (Wildman–Crippen LogP) is 4.16. The van der Waals surface area contributed by atoms with Crippen molar-refractivity contribution in [3.05, 3.63) is 11.6 Å². The summed E-state index contributed by atoms with van der Waals surface area (Å²) in [6.45, 7) is 19.7. The third-order valence-corrected chi connectivity index (χ3v) is 6.41. The van der Waals surface area contributed by atoms with Gasteiger partial charge in [0.2, 0.25) is 11.8 Å². The lowest BCUT2D eigenvalue weighted by molar-refractivity contribution is -0.141. The van der Waals surface area contributed by atoms with Gasteiger partial charge < -0.3 is 24.6 Å². The fraction of sp³-hybridized carbons (Fsp3) is 0.786. The fourth-order valence-corrected chi connectivity index (χ4v) is 4.23. The highest BCUT2D eigenvalue weighted by molar-refractivity contribution is 5.90. The van der Waals surface area contributed by atoms with E-state index in [2.05, 4.69) is 5.32 Å². The third-order valence-electron chi connectivity index (χ3n) is 6.41. The molecule has 9 heteroatoms. The van der Waals surface area contributed by atoms with E-state index < -0.39 is 23.0 Å². The van der Waals surface area contributed by atoms with E-state index in [4.69, 9.17) is 9.47 Å². The number of likely N-dealkylation sites (N-methyl/N-ethyl adjacent to an activating group) is 1. The largest absolute Gasteiger partial charge is 0.463 e. The Morgan fingerprint density at radius 3 is 2.03 bits per heavy atom. The molecule has 37 heavy (non-hydrogen) atoms. The molecular weight excluding hydrogens is 474 g/mol. The molecule has 2 atom stereocenters. The minimum atomic E-state index is -0.758. The number of rotatable bonds is 8. The highest BCUT2D eigenvalue weighted by Crippen LogP contribution is 2.26. The van der Waals surface area contributed by atoms with Crippen LogP contribution in [0.1, 0.15) is 82.1 Å². The van der Waals surface area contributed by atoms with Crippen molar-refractivity contribution in [2.24, 2.45) is 17.3 Å². The minimum absolute atomic E-state index is 0.0341. The number of carbonyl (C=O) groups is 4. The Hall–Kier alpha value is -2.58. The zero-order valence-electron chi connectivity index (χ0n) is 24.8. The van der Waals surface area contributed by atoms with Crippen LogP contribution in [-0.4, -0.2) is 78.1 Å². The Labute approximate surface area is 223 Å². The molecule has 1 aliphatic rings. The summed E-state index contributed by atoms with van der Waals surface area (Å²) >= 11 is 0. The van der Waals surface area contributed by atoms with Crippen LogP contribution in [0.4, 0.5) is 4.79 Å². The van der Waals surface area contributed by atoms with Gasteiger partial charge in [0, 0.05) is 31.6 Å². The van der Waals surface area contributed by atoms with Crippen LogP contribution in [0.15, 0.2) is 11.6 Å². The standard InChI is InChI=1S/C28H49N3O6/c1-12-36-25(34)19(4)17-21(18(2)3)30(11)24(33)22(27(5,6)7)29-23(32)20-13-15-31(16-14-20)26(35)37-28(8,9)10/h17-18,20-22H,12-16H2,1-11H3,(H,29,32)/b19-17-. The highest BCUT2D eigenvalue weighted by Gasteiger charge is 2.39. The zero-order chi connectivity index (χ0) is 28.7. The molecule has 0 aromatic heterocycles. The first-order valence-electron chi connectivity index (χ1n) is 13.3. The van der Waals surface area contributed by atoms with Gasteiger partial charge in [-0.15, -0.1) is 0 Å². The molecule has 1 aliphatic heterocycles. The van der Waals surface area contributed by atoms with Crippen molar-refractivity contribution in [2.45, 2.75) is 99.8 Å². The molecule has 0 saturated carbocycles. The summed E-state index contributed by atoms with van der Waals surface area (Å²) in [5, 5.41) is 3.00. The second-order valence-electron chi connectivity index (χ2n) is 12.3. The van der Waals surface area contributed by atoms with E-state index in [0.717, 1.165) is 0 Å². The van der Waals surface area contributed by atoms with Crippen molar-refractivity contribution in [2.75, 3.05) is 26.7 Å². The van der Waals surface area contributed by atoms with Crippen LogP contribution in [0.3, 0.4) is 0 Å². The average Bonchev–Trinajstić information content (AvgIpc) is 2.77. The van der Waals surface area contributed by atoms with Crippen LogP contribution < -0.4 is 5.32 Å². The predicted molar refractivity (Wildman–Crippen MR) is 144 cm³/mol. The Bertz CT molecular complexity index is 845. The molecular formula is C28H49N3O6. The maximum Gasteiger partial charge on any atom is 0.410 e. The van der Waals surface area contributed by atoms with Crippen LogP contribution in [0.25, 0.3) is 0 Å². The first-order chi connectivity index (χ1) is 16.9. The Morgan fingerprint density at radius 1 is 1.05 bits per heavy atom. The molecule has 0 aliphatic carbocycles. The minimum Gasteiger partial charge on any atom is -0.463 e. The molecule has 212 valence electrons. The second kappa shape index (κ2) is 13.3. The third kappa shape index (κ3) is 10.0. The highest BCUT2D eigenvalue weighted by atomic mass is 16.6. The Kier molecular flexibility index (Phi) is 11.7. The number of hydrogen-bond donors (Lipinski definition) is 1. The van der Waals surface area contributed by atoms with Crippen molar-refractivity contribution in [1.29, 1.82) is 0 Å². The van der Waals surface area contributed by atoms with Gasteiger partial charge in [0.15, 0.2) is 0 Å². The van der Waals surface area contributed by atoms with E-state index in [1.54, 1.807) is 36.8 Å². The number of piperidine rings is 1. The number of nitrogens with one attached hydrogen (secondary N) is 1. The average molecular weight is 524 g/mol. The van der Waals surface area contributed by atoms with E-state index in [1.807, 2.05) is 55.4 Å². The number of amides is 3. The monoisotopic (exact) mass is 523 g/mol. The first kappa shape index (κ1) is 32.4. The Balaban J connectivity index is 2.97. The molecule has 1 heterocycles. The molecule has 1 fully saturated rings. The molecule has 0 spiro atoms. The molecule has 0 aromatic carbocycles. The summed E-state index contributed by atoms with van der Waals surface area (Å²) in [7, 11) is 1.70. The van der Waals surface area contributed by atoms with Crippen LogP contribution >= 0.6 is 0 Å². The van der Waals surface area contributed by atoms with Gasteiger partial charge in [-0.05, 0) is 58.8 Å². The van der Waals surface area contributed by atoms with E-state index in [-0.39, 0.29) is 42.4 Å². The second-order valence-corrected chi connectivity index (χ2v) is 12.3. The lowest BCUT2D eigenvalue weighted by atomic mass is 9.84. The Morgan fingerprint density at radius 2 is 1.59 bits per heavy atom. The van der Waals surface area contributed by atoms with Gasteiger partial charge in [-0.25, -0.2) is 9.59 Å². The summed E-state index contributed by atoms with van der Waals surface area (Å²) in [6, 6.07) is -1.11. The number of ether oxygens (including phenoxy) is 2. The normalized spacial score (nSPS) is 17.2. The summed E-state index contributed by atoms with van der Waals surface area (Å²) in [5.74, 6) is -1.09. The molecule has 2 unspecified atom stereocenters. The maximum absolute atomic E-state index is 13.7. The molecule has 1 rings (SSSR count). The number of carbonyl (C=O) groups excluding carboxylic acids is 4. The van der Waals surface area contributed by atoms with Crippen molar-refractivity contribution in [3.63, 3.8) is 0 Å². The van der Waals surface area contributed by atoms with Gasteiger partial charge in [0.25, 0.3) is 0 Å². The number of hydrogen-bond acceptors (Lipinski definition) is 6. The van der Waals surface area contributed by atoms with Crippen LogP contribution in [-0.2, 0) is 23.9 Å². The van der Waals surface area contributed by atoms with Crippen LogP contribution in [0, 0.1) is 17.3 Å². The first-order valence-corrected chi connectivity index (χ1v) is 13.3. The van der Waals surface area contributed by atoms with Crippen molar-refractivity contribution in [1.82, 2.24) is 15.1 Å². The zero-order valence-corrected chi connectivity index (χ0v) is 24.8. The van der Waals surface area contributed by atoms with Gasteiger partial charge in [0.05, 0.1) is 12.6 Å². The molecule has 9 nitrogen and oxygen atoms in total. The molecule has 1 N–H and O–H groups in total. The molecule has 0 bridgehead atoms. The molecule has 0 radical (unpaired) electrons. The summed E-state index contributed by atoms with van der Waals surface area (Å²) in [5.41, 5.74) is -0.678. The number of likely N-dealkylation sites (tertiary alicyclic amines) is 1. The van der Waals surface area contributed by atoms with E-state index >= 15 is 0 Å². The van der Waals surface area contributed by atoms with Crippen LogP contribution in [0.5, 0.6) is 0 Å². The van der Waals surface area contributed by atoms with E-state index in [0.29, 0.717) is 31.5 Å². The van der Waals surface area contributed by atoms with Crippen molar-refractivity contribution < 1.29 is 28.7 Å². The van der Waals surface area contributed by atoms with Gasteiger partial charge in [-0.1, -0.05) is 40.7 Å². The number of nitrogens with zero attached hydrogens (tertiary/aromatic N) is 2. The van der Waals surface area contributed by atoms with Gasteiger partial charge in [0.1, 0.15) is 11.6 Å². The number of esters is 1. The lowest BCUT2D eigenvalue weighted by Gasteiger charge is -2.38. The lowest BCUT2D eigenvalue weighted by Crippen LogP contribution is -2.57. The summed E-state index contributed by atoms with van der Waals surface area (Å²) in [4.78, 5) is 54.7. The van der Waals surface area contributed by atoms with Crippen molar-refractivity contribution >= 4 is 23.9 Å². The van der Waals surface area contributed by atoms with Gasteiger partial charge in [-0.2, -0.15) is 0 Å². The molecule has 1 saturated heterocycles. The summed E-state index contributed by atoms with van der Waals surface area (Å²) < 4.78 is 10.5. The SMILES string of the molecule is CCOC(=O)/C(C)=C\C(C(C)C)N(C)C(=O)C(NC(=O)C1CCN(C(=O)OC(C)(C)C)CC1)C(C)(C)C. The van der Waals surface area contributed by atoms with Crippen LogP contribution in [0.2, 0.25) is 0 Å². The molecule has 3 amide bonds. The summed E-state index contributed by atoms with van der Waals surface area (Å²) in [6.07, 6.45) is 2.39. The van der Waals surface area contributed by atoms with E-state index in [9.17, 15) is 19.2 Å². The maximum atomic E-state index is 13.7. The topological polar surface area (TPSA) is 105 Å². The molecule has 0 aromatic rings. The smallest absolute Gasteiger partial charge is 0.410 e. The fourth-order valence-electron chi connectivity index (χ4n) is 4.23. The quantitative estimate of drug-likeness (QED) is 0.378. The van der Waals surface area contributed by atoms with E-state index in [1.165, 1.54) is 0 Å². The van der Waals surface area contributed by atoms with Gasteiger partial charge in [-0.3, -0.25) is 9.59 Å².